The van der Waals surface area contributed by atoms with Gasteiger partial charge in [0, 0.05) is 24.9 Å². The van der Waals surface area contributed by atoms with Crippen LogP contribution in [0.15, 0.2) is 30.6 Å². The van der Waals surface area contributed by atoms with Crippen LogP contribution in [0, 0.1) is 17.7 Å². The minimum absolute atomic E-state index is 0.207. The van der Waals surface area contributed by atoms with E-state index in [0.29, 0.717) is 17.9 Å². The Morgan fingerprint density at radius 3 is 2.95 bits per heavy atom. The number of halogens is 1. The first-order valence-corrected chi connectivity index (χ1v) is 5.78. The van der Waals surface area contributed by atoms with Gasteiger partial charge in [0.2, 0.25) is 0 Å². The lowest BCUT2D eigenvalue weighted by atomic mass is 10.2. The molecule has 2 aromatic rings. The van der Waals surface area contributed by atoms with Crippen molar-refractivity contribution in [3.63, 3.8) is 0 Å². The van der Waals surface area contributed by atoms with E-state index in [1.807, 2.05) is 13.2 Å². The third kappa shape index (κ3) is 3.57. The molecule has 0 aliphatic carbocycles. The second-order valence-corrected chi connectivity index (χ2v) is 3.96. The summed E-state index contributed by atoms with van der Waals surface area (Å²) in [6.07, 6.45) is 3.55. The van der Waals surface area contributed by atoms with Crippen LogP contribution in [0.1, 0.15) is 11.1 Å². The van der Waals surface area contributed by atoms with Crippen molar-refractivity contribution in [1.29, 1.82) is 0 Å². The molecule has 0 bridgehead atoms. The molecule has 0 saturated heterocycles. The molecule has 0 spiro atoms. The van der Waals surface area contributed by atoms with E-state index >= 15 is 0 Å². The molecule has 0 amide bonds. The van der Waals surface area contributed by atoms with Crippen molar-refractivity contribution in [1.82, 2.24) is 9.78 Å². The van der Waals surface area contributed by atoms with E-state index in [1.54, 1.807) is 23.0 Å². The van der Waals surface area contributed by atoms with Crippen molar-refractivity contribution in [3.8, 4) is 17.6 Å². The molecule has 0 aliphatic heterocycles. The van der Waals surface area contributed by atoms with Gasteiger partial charge in [0.1, 0.15) is 18.2 Å². The molecule has 0 unspecified atom stereocenters. The van der Waals surface area contributed by atoms with Gasteiger partial charge in [0.15, 0.2) is 0 Å². The third-order valence-electron chi connectivity index (χ3n) is 2.43. The SMILES string of the molecule is Cn1cc(COc2ccc(C#CCN)c(F)c2)cn1. The van der Waals surface area contributed by atoms with Crippen LogP contribution in [-0.2, 0) is 13.7 Å². The Morgan fingerprint density at radius 1 is 1.47 bits per heavy atom. The summed E-state index contributed by atoms with van der Waals surface area (Å²) in [5.74, 6) is 5.32. The quantitative estimate of drug-likeness (QED) is 0.849. The molecule has 2 rings (SSSR count). The van der Waals surface area contributed by atoms with E-state index in [4.69, 9.17) is 10.5 Å². The predicted molar refractivity (Wildman–Crippen MR) is 69.9 cm³/mol. The molecule has 4 nitrogen and oxygen atoms in total. The van der Waals surface area contributed by atoms with Crippen molar-refractivity contribution in [2.24, 2.45) is 12.8 Å². The molecule has 98 valence electrons. The smallest absolute Gasteiger partial charge is 0.142 e. The molecule has 0 radical (unpaired) electrons. The molecule has 2 N–H and O–H groups in total. The van der Waals surface area contributed by atoms with Gasteiger partial charge < -0.3 is 10.5 Å². The summed E-state index contributed by atoms with van der Waals surface area (Å²) in [6, 6.07) is 4.58. The summed E-state index contributed by atoms with van der Waals surface area (Å²) in [6.45, 7) is 0.555. The number of ether oxygens (including phenoxy) is 1. The highest BCUT2D eigenvalue weighted by atomic mass is 19.1. The van der Waals surface area contributed by atoms with Crippen LogP contribution in [0.5, 0.6) is 5.75 Å². The lowest BCUT2D eigenvalue weighted by Crippen LogP contribution is -1.96. The molecule has 0 atom stereocenters. The Balaban J connectivity index is 2.03. The second-order valence-electron chi connectivity index (χ2n) is 3.96. The summed E-state index contributed by atoms with van der Waals surface area (Å²) in [7, 11) is 1.83. The molecular formula is C14H14FN3O. The summed E-state index contributed by atoms with van der Waals surface area (Å²) in [5, 5.41) is 4.03. The van der Waals surface area contributed by atoms with Gasteiger partial charge in [-0.05, 0) is 12.1 Å². The Bertz CT molecular complexity index is 625. The Hall–Kier alpha value is -2.32. The van der Waals surface area contributed by atoms with Crippen molar-refractivity contribution >= 4 is 0 Å². The van der Waals surface area contributed by atoms with E-state index < -0.39 is 5.82 Å². The number of rotatable bonds is 3. The van der Waals surface area contributed by atoms with E-state index in [9.17, 15) is 4.39 Å². The maximum Gasteiger partial charge on any atom is 0.142 e. The first kappa shape index (κ1) is 13.1. The average Bonchev–Trinajstić information content (AvgIpc) is 2.81. The van der Waals surface area contributed by atoms with Crippen molar-refractivity contribution < 1.29 is 9.13 Å². The van der Waals surface area contributed by atoms with Gasteiger partial charge in [-0.15, -0.1) is 0 Å². The number of hydrogen-bond donors (Lipinski definition) is 1. The summed E-state index contributed by atoms with van der Waals surface area (Å²) >= 11 is 0. The zero-order chi connectivity index (χ0) is 13.7. The highest BCUT2D eigenvalue weighted by molar-refractivity contribution is 5.39. The number of hydrogen-bond acceptors (Lipinski definition) is 3. The van der Waals surface area contributed by atoms with Crippen LogP contribution in [0.2, 0.25) is 0 Å². The number of nitrogens with zero attached hydrogens (tertiary/aromatic N) is 2. The lowest BCUT2D eigenvalue weighted by molar-refractivity contribution is 0.304. The molecule has 1 aromatic heterocycles. The van der Waals surface area contributed by atoms with Crippen LogP contribution in [0.4, 0.5) is 4.39 Å². The van der Waals surface area contributed by atoms with Gasteiger partial charge >= 0.3 is 0 Å². The van der Waals surface area contributed by atoms with E-state index in [2.05, 4.69) is 16.9 Å². The fourth-order valence-electron chi connectivity index (χ4n) is 1.55. The van der Waals surface area contributed by atoms with Crippen LogP contribution >= 0.6 is 0 Å². The first-order valence-electron chi connectivity index (χ1n) is 5.78. The number of benzene rings is 1. The highest BCUT2D eigenvalue weighted by Crippen LogP contribution is 2.17. The maximum atomic E-state index is 13.7. The molecule has 0 saturated carbocycles. The molecule has 5 heteroatoms. The standard InChI is InChI=1S/C14H14FN3O/c1-18-9-11(8-17-18)10-19-13-5-4-12(3-2-6-16)14(15)7-13/h4-5,7-9H,6,10,16H2,1H3. The summed E-state index contributed by atoms with van der Waals surface area (Å²) < 4.78 is 20.8. The topological polar surface area (TPSA) is 53.1 Å². The number of aryl methyl sites for hydroxylation is 1. The lowest BCUT2D eigenvalue weighted by Gasteiger charge is -2.05. The molecule has 0 fully saturated rings. The minimum atomic E-state index is -0.412. The van der Waals surface area contributed by atoms with Gasteiger partial charge in [-0.1, -0.05) is 11.8 Å². The highest BCUT2D eigenvalue weighted by Gasteiger charge is 2.03. The Labute approximate surface area is 111 Å². The summed E-state index contributed by atoms with van der Waals surface area (Å²) in [4.78, 5) is 0. The minimum Gasteiger partial charge on any atom is -0.489 e. The van der Waals surface area contributed by atoms with Crippen molar-refractivity contribution in [3.05, 3.63) is 47.5 Å². The van der Waals surface area contributed by atoms with E-state index in [0.717, 1.165) is 5.56 Å². The average molecular weight is 259 g/mol. The molecule has 1 aromatic carbocycles. The Morgan fingerprint density at radius 2 is 2.32 bits per heavy atom. The van der Waals surface area contributed by atoms with E-state index in [1.165, 1.54) is 6.07 Å². The zero-order valence-electron chi connectivity index (χ0n) is 10.6. The van der Waals surface area contributed by atoms with Crippen LogP contribution in [0.3, 0.4) is 0 Å². The van der Waals surface area contributed by atoms with Crippen molar-refractivity contribution in [2.75, 3.05) is 6.54 Å². The largest absolute Gasteiger partial charge is 0.489 e. The Kier molecular flexibility index (Phi) is 4.16. The predicted octanol–water partition coefficient (Wildman–Crippen LogP) is 1.45. The fraction of sp³-hybridized carbons (Fsp3) is 0.214. The second kappa shape index (κ2) is 6.03. The molecule has 1 heterocycles. The number of nitrogens with two attached hydrogens (primary N) is 1. The number of aromatic nitrogens is 2. The summed E-state index contributed by atoms with van der Waals surface area (Å²) in [5.41, 5.74) is 6.49. The third-order valence-corrected chi connectivity index (χ3v) is 2.43. The van der Waals surface area contributed by atoms with Gasteiger partial charge in [0.05, 0.1) is 18.3 Å². The first-order chi connectivity index (χ1) is 9.19. The monoisotopic (exact) mass is 259 g/mol. The van der Waals surface area contributed by atoms with Crippen molar-refractivity contribution in [2.45, 2.75) is 6.61 Å². The van der Waals surface area contributed by atoms with Gasteiger partial charge in [-0.2, -0.15) is 5.10 Å². The van der Waals surface area contributed by atoms with Crippen LogP contribution < -0.4 is 10.5 Å². The fourth-order valence-corrected chi connectivity index (χ4v) is 1.55. The molecule has 0 aliphatic rings. The van der Waals surface area contributed by atoms with Crippen LogP contribution in [0.25, 0.3) is 0 Å². The van der Waals surface area contributed by atoms with Crippen LogP contribution in [-0.4, -0.2) is 16.3 Å². The van der Waals surface area contributed by atoms with E-state index in [-0.39, 0.29) is 6.54 Å². The van der Waals surface area contributed by atoms with Gasteiger partial charge in [-0.25, -0.2) is 4.39 Å². The zero-order valence-corrected chi connectivity index (χ0v) is 10.6. The molecular weight excluding hydrogens is 245 g/mol. The maximum absolute atomic E-state index is 13.7. The van der Waals surface area contributed by atoms with Gasteiger partial charge in [0.25, 0.3) is 0 Å². The normalized spacial score (nSPS) is 9.84. The van der Waals surface area contributed by atoms with Gasteiger partial charge in [-0.3, -0.25) is 4.68 Å². The molecule has 19 heavy (non-hydrogen) atoms.